The van der Waals surface area contributed by atoms with Gasteiger partial charge in [-0.3, -0.25) is 4.79 Å². The number of hydrogen-bond acceptors (Lipinski definition) is 4. The summed E-state index contributed by atoms with van der Waals surface area (Å²) >= 11 is 0. The van der Waals surface area contributed by atoms with Crippen molar-refractivity contribution in [3.8, 4) is 11.5 Å². The van der Waals surface area contributed by atoms with Gasteiger partial charge in [0.25, 0.3) is 5.91 Å². The molecule has 146 valence electrons. The Morgan fingerprint density at radius 2 is 1.81 bits per heavy atom. The molecule has 0 saturated carbocycles. The summed E-state index contributed by atoms with van der Waals surface area (Å²) in [6.07, 6.45) is 0. The summed E-state index contributed by atoms with van der Waals surface area (Å²) in [5, 5.41) is 3.05. The quantitative estimate of drug-likeness (QED) is 0.753. The van der Waals surface area contributed by atoms with Gasteiger partial charge >= 0.3 is 0 Å². The summed E-state index contributed by atoms with van der Waals surface area (Å²) in [5.41, 5.74) is 2.58. The summed E-state index contributed by atoms with van der Waals surface area (Å²) in [6, 6.07) is 13.2. The van der Waals surface area contributed by atoms with Gasteiger partial charge in [-0.05, 0) is 48.7 Å². The number of methoxy groups -OCH3 is 1. The van der Waals surface area contributed by atoms with Crippen LogP contribution in [0.2, 0.25) is 0 Å². The van der Waals surface area contributed by atoms with Crippen molar-refractivity contribution in [2.45, 2.75) is 26.8 Å². The number of benzene rings is 2. The Hall–Kier alpha value is -2.69. The van der Waals surface area contributed by atoms with Crippen LogP contribution in [0, 0.1) is 5.92 Å². The largest absolute Gasteiger partial charge is 0.493 e. The van der Waals surface area contributed by atoms with Gasteiger partial charge < -0.3 is 19.7 Å². The SMILES string of the molecule is COc1cc(C(C)NC(=O)c2cccc(N(C)C)c2)ccc1OCC(C)C. The van der Waals surface area contributed by atoms with Gasteiger partial charge in [0, 0.05) is 25.3 Å². The molecular formula is C22H30N2O3. The predicted octanol–water partition coefficient (Wildman–Crippen LogP) is 4.29. The molecule has 0 bridgehead atoms. The minimum Gasteiger partial charge on any atom is -0.493 e. The number of anilines is 1. The molecule has 0 saturated heterocycles. The van der Waals surface area contributed by atoms with E-state index in [1.807, 2.05) is 68.4 Å². The van der Waals surface area contributed by atoms with Gasteiger partial charge in [-0.25, -0.2) is 0 Å². The lowest BCUT2D eigenvalue weighted by Crippen LogP contribution is -2.26. The predicted molar refractivity (Wildman–Crippen MR) is 110 cm³/mol. The molecule has 0 aliphatic heterocycles. The smallest absolute Gasteiger partial charge is 0.251 e. The van der Waals surface area contributed by atoms with Crippen molar-refractivity contribution in [3.05, 3.63) is 53.6 Å². The molecule has 0 radical (unpaired) electrons. The van der Waals surface area contributed by atoms with Gasteiger partial charge in [-0.15, -0.1) is 0 Å². The maximum atomic E-state index is 12.6. The van der Waals surface area contributed by atoms with Crippen LogP contribution in [-0.4, -0.2) is 33.7 Å². The van der Waals surface area contributed by atoms with Gasteiger partial charge in [-0.2, -0.15) is 0 Å². The molecule has 27 heavy (non-hydrogen) atoms. The molecular weight excluding hydrogens is 340 g/mol. The second-order valence-corrected chi connectivity index (χ2v) is 7.26. The third-order valence-electron chi connectivity index (χ3n) is 4.23. The van der Waals surface area contributed by atoms with E-state index in [9.17, 15) is 4.79 Å². The summed E-state index contributed by atoms with van der Waals surface area (Å²) < 4.78 is 11.3. The first-order valence-electron chi connectivity index (χ1n) is 9.20. The zero-order valence-electron chi connectivity index (χ0n) is 17.1. The Balaban J connectivity index is 2.11. The van der Waals surface area contributed by atoms with E-state index in [0.717, 1.165) is 11.3 Å². The highest BCUT2D eigenvalue weighted by molar-refractivity contribution is 5.95. The molecule has 2 aromatic rings. The van der Waals surface area contributed by atoms with E-state index in [-0.39, 0.29) is 11.9 Å². The maximum absolute atomic E-state index is 12.6. The van der Waals surface area contributed by atoms with Gasteiger partial charge in [0.2, 0.25) is 0 Å². The Morgan fingerprint density at radius 3 is 2.44 bits per heavy atom. The van der Waals surface area contributed by atoms with Crippen molar-refractivity contribution in [1.82, 2.24) is 5.32 Å². The number of nitrogens with zero attached hydrogens (tertiary/aromatic N) is 1. The van der Waals surface area contributed by atoms with E-state index in [1.54, 1.807) is 7.11 Å². The molecule has 0 fully saturated rings. The van der Waals surface area contributed by atoms with Crippen LogP contribution in [0.1, 0.15) is 42.7 Å². The fourth-order valence-corrected chi connectivity index (χ4v) is 2.62. The number of ether oxygens (including phenoxy) is 2. The van der Waals surface area contributed by atoms with Gasteiger partial charge in [0.15, 0.2) is 11.5 Å². The maximum Gasteiger partial charge on any atom is 0.251 e. The van der Waals surface area contributed by atoms with E-state index < -0.39 is 0 Å². The number of rotatable bonds is 8. The first-order valence-corrected chi connectivity index (χ1v) is 9.20. The Morgan fingerprint density at radius 1 is 1.07 bits per heavy atom. The Kier molecular flexibility index (Phi) is 7.11. The zero-order chi connectivity index (χ0) is 20.0. The van der Waals surface area contributed by atoms with Crippen LogP contribution in [0.15, 0.2) is 42.5 Å². The molecule has 1 unspecified atom stereocenters. The molecule has 5 nitrogen and oxygen atoms in total. The lowest BCUT2D eigenvalue weighted by Gasteiger charge is -2.18. The van der Waals surface area contributed by atoms with Crippen molar-refractivity contribution >= 4 is 11.6 Å². The lowest BCUT2D eigenvalue weighted by atomic mass is 10.1. The van der Waals surface area contributed by atoms with Gasteiger partial charge in [0.1, 0.15) is 0 Å². The highest BCUT2D eigenvalue weighted by atomic mass is 16.5. The van der Waals surface area contributed by atoms with E-state index >= 15 is 0 Å². The van der Waals surface area contributed by atoms with Crippen LogP contribution >= 0.6 is 0 Å². The van der Waals surface area contributed by atoms with Crippen LogP contribution in [0.5, 0.6) is 11.5 Å². The average Bonchev–Trinajstić information content (AvgIpc) is 2.66. The first kappa shape index (κ1) is 20.6. The molecule has 1 atom stereocenters. The lowest BCUT2D eigenvalue weighted by molar-refractivity contribution is 0.0940. The molecule has 5 heteroatoms. The highest BCUT2D eigenvalue weighted by Crippen LogP contribution is 2.30. The van der Waals surface area contributed by atoms with Crippen molar-refractivity contribution in [1.29, 1.82) is 0 Å². The second kappa shape index (κ2) is 9.31. The fourth-order valence-electron chi connectivity index (χ4n) is 2.62. The number of nitrogens with one attached hydrogen (secondary N) is 1. The van der Waals surface area contributed by atoms with Crippen molar-refractivity contribution in [2.24, 2.45) is 5.92 Å². The summed E-state index contributed by atoms with van der Waals surface area (Å²) in [4.78, 5) is 14.6. The van der Waals surface area contributed by atoms with E-state index in [2.05, 4.69) is 19.2 Å². The summed E-state index contributed by atoms with van der Waals surface area (Å²) in [5.74, 6) is 1.71. The molecule has 2 rings (SSSR count). The number of amides is 1. The standard InChI is InChI=1S/C22H30N2O3/c1-15(2)14-27-20-11-10-17(13-21(20)26-6)16(3)23-22(25)18-8-7-9-19(12-18)24(4)5/h7-13,15-16H,14H2,1-6H3,(H,23,25). The van der Waals surface area contributed by atoms with Gasteiger partial charge in [-0.1, -0.05) is 26.0 Å². The fraction of sp³-hybridized carbons (Fsp3) is 0.409. The highest BCUT2D eigenvalue weighted by Gasteiger charge is 2.15. The van der Waals surface area contributed by atoms with Gasteiger partial charge in [0.05, 0.1) is 19.8 Å². The van der Waals surface area contributed by atoms with Crippen molar-refractivity contribution < 1.29 is 14.3 Å². The monoisotopic (exact) mass is 370 g/mol. The Labute approximate surface area is 162 Å². The molecule has 0 heterocycles. The number of carbonyl (C=O) groups excluding carboxylic acids is 1. The van der Waals surface area contributed by atoms with E-state index in [4.69, 9.17) is 9.47 Å². The molecule has 0 aromatic heterocycles. The molecule has 1 amide bonds. The van der Waals surface area contributed by atoms with Crippen molar-refractivity contribution in [3.63, 3.8) is 0 Å². The van der Waals surface area contributed by atoms with Crippen LogP contribution in [0.3, 0.4) is 0 Å². The topological polar surface area (TPSA) is 50.8 Å². The van der Waals surface area contributed by atoms with Crippen LogP contribution in [0.25, 0.3) is 0 Å². The van der Waals surface area contributed by atoms with Crippen LogP contribution in [0.4, 0.5) is 5.69 Å². The molecule has 0 spiro atoms. The van der Waals surface area contributed by atoms with E-state index in [1.165, 1.54) is 0 Å². The van der Waals surface area contributed by atoms with Crippen LogP contribution < -0.4 is 19.7 Å². The van der Waals surface area contributed by atoms with Crippen LogP contribution in [-0.2, 0) is 0 Å². The molecule has 2 aromatic carbocycles. The number of carbonyl (C=O) groups is 1. The third kappa shape index (κ3) is 5.64. The second-order valence-electron chi connectivity index (χ2n) is 7.26. The van der Waals surface area contributed by atoms with Crippen molar-refractivity contribution in [2.75, 3.05) is 32.7 Å². The Bertz CT molecular complexity index is 772. The normalized spacial score (nSPS) is 11.8. The summed E-state index contributed by atoms with van der Waals surface area (Å²) in [6.45, 7) is 6.79. The average molecular weight is 370 g/mol. The third-order valence-corrected chi connectivity index (χ3v) is 4.23. The molecule has 0 aliphatic carbocycles. The van der Waals surface area contributed by atoms with E-state index in [0.29, 0.717) is 29.6 Å². The minimum absolute atomic E-state index is 0.106. The molecule has 0 aliphatic rings. The first-order chi connectivity index (χ1) is 12.8. The minimum atomic E-state index is -0.159. The summed E-state index contributed by atoms with van der Waals surface area (Å²) in [7, 11) is 5.53. The zero-order valence-corrected chi connectivity index (χ0v) is 17.1. The number of hydrogen-bond donors (Lipinski definition) is 1. The molecule has 1 N–H and O–H groups in total.